The molecule has 2 aromatic rings. The van der Waals surface area contributed by atoms with Gasteiger partial charge in [-0.25, -0.2) is 0 Å². The molecule has 0 aliphatic carbocycles. The average molecular weight is 484 g/mol. The van der Waals surface area contributed by atoms with Crippen LogP contribution in [0.4, 0.5) is 0 Å². The van der Waals surface area contributed by atoms with Gasteiger partial charge in [-0.05, 0) is 112 Å². The molecule has 0 fully saturated rings. The molecule has 0 spiro atoms. The number of ether oxygens (including phenoxy) is 2. The van der Waals surface area contributed by atoms with Crippen molar-refractivity contribution < 1.29 is 14.3 Å². The number of methoxy groups -OCH3 is 2. The second kappa shape index (κ2) is 10.5. The van der Waals surface area contributed by atoms with E-state index in [1.54, 1.807) is 20.3 Å². The van der Waals surface area contributed by atoms with Gasteiger partial charge in [-0.1, -0.05) is 6.07 Å². The first-order chi connectivity index (χ1) is 12.3. The molecule has 0 bridgehead atoms. The minimum absolute atomic E-state index is 0.730. The fourth-order valence-corrected chi connectivity index (χ4v) is 2.97. The van der Waals surface area contributed by atoms with Gasteiger partial charge in [0.25, 0.3) is 0 Å². The molecule has 0 aliphatic heterocycles. The van der Waals surface area contributed by atoms with Gasteiger partial charge in [-0.3, -0.25) is 4.79 Å². The highest BCUT2D eigenvalue weighted by atomic mass is 79.9. The summed E-state index contributed by atoms with van der Waals surface area (Å²) < 4.78 is 11.3. The summed E-state index contributed by atoms with van der Waals surface area (Å²) in [6.45, 7) is 8.02. The molecular weight excluding hydrogens is 460 g/mol. The van der Waals surface area contributed by atoms with Crippen molar-refractivity contribution >= 4 is 44.2 Å². The second-order valence-corrected chi connectivity index (χ2v) is 8.54. The molecule has 2 rings (SSSR count). The van der Waals surface area contributed by atoms with Crippen molar-refractivity contribution in [3.63, 3.8) is 0 Å². The number of benzene rings is 2. The summed E-state index contributed by atoms with van der Waals surface area (Å²) in [5.74, 6) is 1.77. The van der Waals surface area contributed by atoms with Crippen molar-refractivity contribution in [2.45, 2.75) is 27.7 Å². The van der Waals surface area contributed by atoms with Gasteiger partial charge in [0.05, 0.1) is 17.6 Å². The van der Waals surface area contributed by atoms with E-state index in [9.17, 15) is 4.79 Å². The lowest BCUT2D eigenvalue weighted by Gasteiger charge is -2.09. The summed E-state index contributed by atoms with van der Waals surface area (Å²) in [6, 6.07) is 7.61. The zero-order valence-corrected chi connectivity index (χ0v) is 19.1. The number of carbonyl (C=O) groups excluding carboxylic acids is 1. The number of carbonyl (C=O) groups is 1. The molecule has 140 valence electrons. The molecular formula is C21H24Br2O3. The van der Waals surface area contributed by atoms with Crippen LogP contribution in [0.25, 0.3) is 6.08 Å². The van der Waals surface area contributed by atoms with Crippen LogP contribution < -0.4 is 9.47 Å². The Bertz CT molecular complexity index is 807. The summed E-state index contributed by atoms with van der Waals surface area (Å²) >= 11 is 6.70. The minimum atomic E-state index is 0.730. The lowest BCUT2D eigenvalue weighted by molar-refractivity contribution is 0.112. The van der Waals surface area contributed by atoms with Gasteiger partial charge in [0, 0.05) is 5.56 Å². The van der Waals surface area contributed by atoms with Gasteiger partial charge in [0.2, 0.25) is 0 Å². The fourth-order valence-electron chi connectivity index (χ4n) is 2.48. The van der Waals surface area contributed by atoms with Gasteiger partial charge in [-0.2, -0.15) is 0 Å². The zero-order valence-electron chi connectivity index (χ0n) is 15.9. The van der Waals surface area contributed by atoms with Crippen molar-refractivity contribution in [2.75, 3.05) is 14.2 Å². The molecule has 0 heterocycles. The van der Waals surface area contributed by atoms with Crippen LogP contribution >= 0.6 is 31.9 Å². The van der Waals surface area contributed by atoms with Crippen LogP contribution in [0.5, 0.6) is 11.5 Å². The molecule has 0 N–H and O–H groups in total. The number of hydrogen-bond acceptors (Lipinski definition) is 3. The maximum atomic E-state index is 10.5. The van der Waals surface area contributed by atoms with Gasteiger partial charge in [-0.15, -0.1) is 0 Å². The quantitative estimate of drug-likeness (QED) is 0.464. The normalized spacial score (nSPS) is 9.69. The van der Waals surface area contributed by atoms with Gasteiger partial charge >= 0.3 is 0 Å². The maximum Gasteiger partial charge on any atom is 0.150 e. The summed E-state index contributed by atoms with van der Waals surface area (Å²) in [7, 11) is 3.32. The van der Waals surface area contributed by atoms with E-state index in [1.165, 1.54) is 16.7 Å². The van der Waals surface area contributed by atoms with Crippen LogP contribution in [0.3, 0.4) is 0 Å². The topological polar surface area (TPSA) is 35.5 Å². The summed E-state index contributed by atoms with van der Waals surface area (Å²) in [6.07, 6.45) is 2.89. The molecule has 0 radical (unpaired) electrons. The predicted molar refractivity (Wildman–Crippen MR) is 116 cm³/mol. The number of rotatable bonds is 4. The Morgan fingerprint density at radius 3 is 1.58 bits per heavy atom. The van der Waals surface area contributed by atoms with Crippen LogP contribution in [0.15, 0.2) is 27.7 Å². The Hall–Kier alpha value is -1.59. The van der Waals surface area contributed by atoms with Gasteiger partial charge < -0.3 is 9.47 Å². The monoisotopic (exact) mass is 482 g/mol. The Morgan fingerprint density at radius 1 is 0.769 bits per heavy atom. The van der Waals surface area contributed by atoms with Gasteiger partial charge in [0.15, 0.2) is 0 Å². The third-order valence-electron chi connectivity index (χ3n) is 4.39. The maximum absolute atomic E-state index is 10.5. The standard InChI is InChI=1S/C11H12Br2O.C10H12O2/c1-7-8(2)10(14-3)5-4-9(7)6-11(12)13;1-7-8(2)10(12-3)5-4-9(7)6-11/h4-6H,1-3H3;4-6H,1-3H3. The summed E-state index contributed by atoms with van der Waals surface area (Å²) in [5, 5.41) is 0. The van der Waals surface area contributed by atoms with E-state index in [-0.39, 0.29) is 0 Å². The second-order valence-electron chi connectivity index (χ2n) is 5.77. The van der Waals surface area contributed by atoms with E-state index in [1.807, 2.05) is 38.1 Å². The highest BCUT2D eigenvalue weighted by molar-refractivity contribution is 9.28. The zero-order chi connectivity index (χ0) is 19.9. The molecule has 0 aromatic heterocycles. The first-order valence-corrected chi connectivity index (χ1v) is 9.61. The van der Waals surface area contributed by atoms with E-state index >= 15 is 0 Å². The molecule has 26 heavy (non-hydrogen) atoms. The lowest BCUT2D eigenvalue weighted by Crippen LogP contribution is -1.94. The minimum Gasteiger partial charge on any atom is -0.496 e. The van der Waals surface area contributed by atoms with E-state index in [4.69, 9.17) is 9.47 Å². The molecule has 0 amide bonds. The van der Waals surface area contributed by atoms with E-state index in [0.29, 0.717) is 0 Å². The predicted octanol–water partition coefficient (Wildman–Crippen LogP) is 6.52. The molecule has 0 aliphatic rings. The lowest BCUT2D eigenvalue weighted by atomic mass is 10.0. The Kier molecular flexibility index (Phi) is 9.09. The van der Waals surface area contributed by atoms with Crippen molar-refractivity contribution in [1.29, 1.82) is 0 Å². The molecule has 5 heteroatoms. The Balaban J connectivity index is 0.000000263. The molecule has 0 saturated heterocycles. The number of hydrogen-bond donors (Lipinski definition) is 0. The average Bonchev–Trinajstić information content (AvgIpc) is 2.62. The van der Waals surface area contributed by atoms with Crippen LogP contribution in [0, 0.1) is 27.7 Å². The summed E-state index contributed by atoms with van der Waals surface area (Å²) in [5.41, 5.74) is 6.36. The fraction of sp³-hybridized carbons (Fsp3) is 0.286. The van der Waals surface area contributed by atoms with Crippen LogP contribution in [-0.2, 0) is 0 Å². The largest absolute Gasteiger partial charge is 0.496 e. The SMILES string of the molecule is COc1ccc(C=C(Br)Br)c(C)c1C.COc1ccc(C=O)c(C)c1C. The molecule has 2 aromatic carbocycles. The number of aldehydes is 1. The first kappa shape index (κ1) is 22.5. The van der Waals surface area contributed by atoms with Gasteiger partial charge in [0.1, 0.15) is 17.8 Å². The van der Waals surface area contributed by atoms with Crippen molar-refractivity contribution in [3.8, 4) is 11.5 Å². The van der Waals surface area contributed by atoms with Crippen molar-refractivity contribution in [2.24, 2.45) is 0 Å². The summed E-state index contributed by atoms with van der Waals surface area (Å²) in [4.78, 5) is 10.5. The Labute approximate surface area is 172 Å². The van der Waals surface area contributed by atoms with E-state index in [0.717, 1.165) is 37.9 Å². The molecule has 0 unspecified atom stereocenters. The molecule has 0 saturated carbocycles. The number of halogens is 2. The molecule has 3 nitrogen and oxygen atoms in total. The van der Waals surface area contributed by atoms with Crippen LogP contribution in [0.1, 0.15) is 38.2 Å². The van der Waals surface area contributed by atoms with Crippen molar-refractivity contribution in [1.82, 2.24) is 0 Å². The smallest absolute Gasteiger partial charge is 0.150 e. The third-order valence-corrected chi connectivity index (χ3v) is 4.85. The van der Waals surface area contributed by atoms with Crippen molar-refractivity contribution in [3.05, 3.63) is 61.0 Å². The molecule has 0 atom stereocenters. The van der Waals surface area contributed by atoms with E-state index < -0.39 is 0 Å². The first-order valence-electron chi connectivity index (χ1n) is 8.03. The highest BCUT2D eigenvalue weighted by Gasteiger charge is 2.05. The third kappa shape index (κ3) is 5.71. The van der Waals surface area contributed by atoms with Crippen LogP contribution in [0.2, 0.25) is 0 Å². The van der Waals surface area contributed by atoms with Crippen LogP contribution in [-0.4, -0.2) is 20.5 Å². The van der Waals surface area contributed by atoms with E-state index in [2.05, 4.69) is 45.7 Å². The Morgan fingerprint density at radius 2 is 1.19 bits per heavy atom. The highest BCUT2D eigenvalue weighted by Crippen LogP contribution is 2.27.